The normalized spacial score (nSPS) is 19.4. The van der Waals surface area contributed by atoms with E-state index in [1.165, 1.54) is 22.3 Å². The molecule has 9 heteroatoms. The number of fused-ring (bicyclic) bond motifs is 2. The first-order chi connectivity index (χ1) is 22.3. The van der Waals surface area contributed by atoms with Gasteiger partial charge in [0, 0.05) is 77.9 Å². The summed E-state index contributed by atoms with van der Waals surface area (Å²) in [6.07, 6.45) is 5.10. The Kier molecular flexibility index (Phi) is 7.27. The van der Waals surface area contributed by atoms with Gasteiger partial charge in [-0.3, -0.25) is 9.69 Å². The second-order valence-electron chi connectivity index (χ2n) is 13.3. The zero-order valence-corrected chi connectivity index (χ0v) is 27.8. The van der Waals surface area contributed by atoms with E-state index in [0.29, 0.717) is 21.8 Å². The number of hydrogen-bond acceptors (Lipinski definition) is 6. The molecule has 2 aromatic heterocycles. The number of amides is 1. The van der Waals surface area contributed by atoms with Gasteiger partial charge in [-0.1, -0.05) is 59.6 Å². The van der Waals surface area contributed by atoms with Crippen LogP contribution in [0.15, 0.2) is 48.5 Å². The molecule has 0 unspecified atom stereocenters. The molecule has 236 valence electrons. The Bertz CT molecular complexity index is 1900. The summed E-state index contributed by atoms with van der Waals surface area (Å²) in [4.78, 5) is 26.1. The third-order valence-corrected chi connectivity index (χ3v) is 11.2. The van der Waals surface area contributed by atoms with E-state index in [2.05, 4.69) is 17.0 Å². The summed E-state index contributed by atoms with van der Waals surface area (Å²) in [6.45, 7) is 5.40. The predicted molar refractivity (Wildman–Crippen MR) is 181 cm³/mol. The first kappa shape index (κ1) is 29.7. The highest BCUT2D eigenvalue weighted by Crippen LogP contribution is 2.50. The van der Waals surface area contributed by atoms with E-state index in [0.717, 1.165) is 91.9 Å². The number of likely N-dealkylation sites (tertiary alicyclic amines) is 2. The Morgan fingerprint density at radius 3 is 2.00 bits per heavy atom. The summed E-state index contributed by atoms with van der Waals surface area (Å²) in [5, 5.41) is 1.19. The van der Waals surface area contributed by atoms with Gasteiger partial charge in [-0.25, -0.2) is 9.97 Å². The molecule has 46 heavy (non-hydrogen) atoms. The molecule has 1 atom stereocenters. The number of aromatic nitrogens is 2. The lowest BCUT2D eigenvalue weighted by atomic mass is 9.72. The second kappa shape index (κ2) is 11.3. The number of methoxy groups -OCH3 is 2. The van der Waals surface area contributed by atoms with Crippen LogP contribution in [0.3, 0.4) is 0 Å². The lowest BCUT2D eigenvalue weighted by Crippen LogP contribution is -2.72. The van der Waals surface area contributed by atoms with Gasteiger partial charge in [-0.2, -0.15) is 0 Å². The molecule has 8 rings (SSSR count). The Hall–Kier alpha value is -3.65. The Morgan fingerprint density at radius 2 is 1.39 bits per heavy atom. The van der Waals surface area contributed by atoms with Gasteiger partial charge in [0.2, 0.25) is 17.7 Å². The van der Waals surface area contributed by atoms with E-state index < -0.39 is 0 Å². The first-order valence-electron chi connectivity index (χ1n) is 16.0. The Morgan fingerprint density at radius 1 is 0.804 bits per heavy atom. The molecule has 0 N–H and O–H groups in total. The zero-order valence-electron chi connectivity index (χ0n) is 26.3. The maximum atomic E-state index is 11.7. The number of rotatable bonds is 6. The quantitative estimate of drug-likeness (QED) is 0.215. The molecule has 2 aliphatic carbocycles. The number of ether oxygens (including phenoxy) is 2. The molecule has 0 saturated carbocycles. The van der Waals surface area contributed by atoms with E-state index in [9.17, 15) is 4.79 Å². The van der Waals surface area contributed by atoms with E-state index in [-0.39, 0.29) is 17.4 Å². The highest BCUT2D eigenvalue weighted by Gasteiger charge is 2.55. The molecular formula is C37H36Cl2N4O3. The third-order valence-electron chi connectivity index (χ3n) is 10.4. The Balaban J connectivity index is 1.11. The SMILES string of the molecule is COc1nc(-c2cccc(-c3cccc(-c4cc5c(c(OC)n4)[C@@H](N4CC6(CN(C(C)=O)C6)C4)CC5)c3Cl)c2Cl)cc2c1CCC2. The summed E-state index contributed by atoms with van der Waals surface area (Å²) in [6, 6.07) is 16.6. The summed E-state index contributed by atoms with van der Waals surface area (Å²) in [7, 11) is 3.37. The highest BCUT2D eigenvalue weighted by atomic mass is 35.5. The van der Waals surface area contributed by atoms with Gasteiger partial charge in [-0.05, 0) is 55.4 Å². The van der Waals surface area contributed by atoms with Gasteiger partial charge in [0.25, 0.3) is 0 Å². The molecule has 7 nitrogen and oxygen atoms in total. The average Bonchev–Trinajstić information content (AvgIpc) is 3.67. The molecule has 1 spiro atoms. The van der Waals surface area contributed by atoms with Crippen LogP contribution in [0.1, 0.15) is 48.1 Å². The number of aryl methyl sites for hydroxylation is 2. The fourth-order valence-corrected chi connectivity index (χ4v) is 8.84. The van der Waals surface area contributed by atoms with E-state index >= 15 is 0 Å². The summed E-state index contributed by atoms with van der Waals surface area (Å²) in [5.74, 6) is 1.51. The molecule has 4 heterocycles. The largest absolute Gasteiger partial charge is 0.481 e. The molecule has 4 aromatic rings. The van der Waals surface area contributed by atoms with Crippen molar-refractivity contribution in [1.29, 1.82) is 0 Å². The first-order valence-corrected chi connectivity index (χ1v) is 16.8. The van der Waals surface area contributed by atoms with Crippen LogP contribution >= 0.6 is 23.2 Å². The van der Waals surface area contributed by atoms with Crippen LogP contribution in [0.5, 0.6) is 11.8 Å². The highest BCUT2D eigenvalue weighted by molar-refractivity contribution is 6.39. The lowest BCUT2D eigenvalue weighted by Gasteiger charge is -2.61. The molecule has 4 aliphatic rings. The van der Waals surface area contributed by atoms with Gasteiger partial charge >= 0.3 is 0 Å². The fourth-order valence-electron chi connectivity index (χ4n) is 8.19. The predicted octanol–water partition coefficient (Wildman–Crippen LogP) is 7.44. The van der Waals surface area contributed by atoms with Crippen molar-refractivity contribution in [3.8, 4) is 45.4 Å². The summed E-state index contributed by atoms with van der Waals surface area (Å²) in [5.41, 5.74) is 10.1. The third kappa shape index (κ3) is 4.70. The van der Waals surface area contributed by atoms with Gasteiger partial charge in [0.15, 0.2) is 0 Å². The number of carbonyl (C=O) groups is 1. The van der Waals surface area contributed by atoms with Crippen molar-refractivity contribution in [3.05, 3.63) is 80.8 Å². The molecule has 2 aromatic carbocycles. The lowest BCUT2D eigenvalue weighted by molar-refractivity contribution is -0.161. The minimum absolute atomic E-state index is 0.170. The van der Waals surface area contributed by atoms with Gasteiger partial charge in [0.05, 0.1) is 35.7 Å². The zero-order chi connectivity index (χ0) is 31.7. The van der Waals surface area contributed by atoms with Crippen molar-refractivity contribution in [1.82, 2.24) is 19.8 Å². The number of benzene rings is 2. The van der Waals surface area contributed by atoms with E-state index in [1.807, 2.05) is 41.3 Å². The van der Waals surface area contributed by atoms with Crippen molar-refractivity contribution in [2.24, 2.45) is 5.41 Å². The van der Waals surface area contributed by atoms with E-state index in [1.54, 1.807) is 21.1 Å². The standard InChI is InChI=1S/C37H36Cl2N4O3/c1-21(44)42-17-37(18-42)19-43(20-37)31-14-13-23-16-30(41-36(46-3)32(23)31)28-12-6-10-26(34(28)39)25-9-5-11-27(33(25)38)29-15-22-7-4-8-24(22)35(40-29)45-2/h5-6,9-12,15-16,31H,4,7-8,13-14,17-20H2,1-3H3/t31-/m0/s1. The molecule has 2 fully saturated rings. The maximum Gasteiger partial charge on any atom is 0.219 e. The number of nitrogens with zero attached hydrogens (tertiary/aromatic N) is 4. The van der Waals surface area contributed by atoms with Crippen molar-refractivity contribution in [2.75, 3.05) is 40.4 Å². The maximum absolute atomic E-state index is 11.7. The van der Waals surface area contributed by atoms with Crippen LogP contribution in [-0.2, 0) is 24.1 Å². The number of pyridine rings is 2. The van der Waals surface area contributed by atoms with Crippen LogP contribution in [0, 0.1) is 5.41 Å². The van der Waals surface area contributed by atoms with Crippen LogP contribution in [0.2, 0.25) is 10.0 Å². The van der Waals surface area contributed by atoms with E-state index in [4.69, 9.17) is 42.6 Å². The van der Waals surface area contributed by atoms with Gasteiger partial charge < -0.3 is 14.4 Å². The van der Waals surface area contributed by atoms with Crippen molar-refractivity contribution < 1.29 is 14.3 Å². The van der Waals surface area contributed by atoms with Crippen molar-refractivity contribution in [2.45, 2.75) is 45.1 Å². The van der Waals surface area contributed by atoms with Crippen LogP contribution in [0.4, 0.5) is 0 Å². The summed E-state index contributed by atoms with van der Waals surface area (Å²) >= 11 is 14.3. The molecular weight excluding hydrogens is 619 g/mol. The van der Waals surface area contributed by atoms with Crippen LogP contribution in [-0.4, -0.2) is 66.1 Å². The number of carbonyl (C=O) groups excluding carboxylic acids is 1. The minimum atomic E-state index is 0.170. The minimum Gasteiger partial charge on any atom is -0.481 e. The number of hydrogen-bond donors (Lipinski definition) is 0. The molecule has 0 bridgehead atoms. The smallest absolute Gasteiger partial charge is 0.219 e. The van der Waals surface area contributed by atoms with Gasteiger partial charge in [-0.15, -0.1) is 0 Å². The van der Waals surface area contributed by atoms with Crippen molar-refractivity contribution >= 4 is 29.1 Å². The second-order valence-corrected chi connectivity index (χ2v) is 14.0. The van der Waals surface area contributed by atoms with Crippen LogP contribution < -0.4 is 9.47 Å². The monoisotopic (exact) mass is 654 g/mol. The average molecular weight is 656 g/mol. The molecule has 0 radical (unpaired) electrons. The fraction of sp³-hybridized carbons (Fsp3) is 0.378. The molecule has 2 aliphatic heterocycles. The molecule has 1 amide bonds. The molecule has 2 saturated heterocycles. The van der Waals surface area contributed by atoms with Crippen LogP contribution in [0.25, 0.3) is 33.6 Å². The topological polar surface area (TPSA) is 67.8 Å². The number of halogens is 2. The Labute approximate surface area is 279 Å². The summed E-state index contributed by atoms with van der Waals surface area (Å²) < 4.78 is 11.6. The van der Waals surface area contributed by atoms with Crippen molar-refractivity contribution in [3.63, 3.8) is 0 Å². The van der Waals surface area contributed by atoms with Gasteiger partial charge in [0.1, 0.15) is 0 Å².